The van der Waals surface area contributed by atoms with E-state index in [4.69, 9.17) is 5.73 Å². The number of aromatic nitrogens is 2. The number of nitrogens with zero attached hydrogens (tertiary/aromatic N) is 4. The van der Waals surface area contributed by atoms with Gasteiger partial charge in [-0.3, -0.25) is 4.79 Å². The zero-order valence-electron chi connectivity index (χ0n) is 9.96. The second kappa shape index (κ2) is 5.09. The van der Waals surface area contributed by atoms with Gasteiger partial charge in [-0.15, -0.1) is 0 Å². The van der Waals surface area contributed by atoms with Crippen molar-refractivity contribution >= 4 is 11.7 Å². The molecule has 1 saturated heterocycles. The fraction of sp³-hybridized carbons (Fsp3) is 0.545. The first-order chi connectivity index (χ1) is 8.20. The van der Waals surface area contributed by atoms with Gasteiger partial charge in [-0.25, -0.2) is 9.97 Å². The first kappa shape index (κ1) is 11.8. The number of amides is 1. The van der Waals surface area contributed by atoms with Crippen LogP contribution in [-0.2, 0) is 0 Å². The van der Waals surface area contributed by atoms with Crippen LogP contribution in [0.15, 0.2) is 12.4 Å². The van der Waals surface area contributed by atoms with Gasteiger partial charge in [0.2, 0.25) is 0 Å². The van der Waals surface area contributed by atoms with Crippen LogP contribution in [0.25, 0.3) is 0 Å². The van der Waals surface area contributed by atoms with Crippen LogP contribution < -0.4 is 5.73 Å². The third-order valence-electron chi connectivity index (χ3n) is 3.00. The molecule has 1 amide bonds. The van der Waals surface area contributed by atoms with Gasteiger partial charge in [0.15, 0.2) is 0 Å². The highest BCUT2D eigenvalue weighted by molar-refractivity contribution is 5.92. The van der Waals surface area contributed by atoms with Crippen molar-refractivity contribution in [1.82, 2.24) is 19.8 Å². The van der Waals surface area contributed by atoms with Crippen LogP contribution in [0.3, 0.4) is 0 Å². The van der Waals surface area contributed by atoms with Crippen LogP contribution >= 0.6 is 0 Å². The maximum absolute atomic E-state index is 12.1. The average molecular weight is 235 g/mol. The smallest absolute Gasteiger partial charge is 0.274 e. The zero-order chi connectivity index (χ0) is 12.3. The molecule has 1 aliphatic heterocycles. The summed E-state index contributed by atoms with van der Waals surface area (Å²) in [6.45, 7) is 6.50. The Bertz CT molecular complexity index is 383. The monoisotopic (exact) mass is 235 g/mol. The Morgan fingerprint density at radius 2 is 2.00 bits per heavy atom. The molecule has 0 bridgehead atoms. The number of hydrogen-bond donors (Lipinski definition) is 1. The number of hydrogen-bond acceptors (Lipinski definition) is 5. The number of nitrogens with two attached hydrogens (primary N) is 1. The SMILES string of the molecule is CCN1CCN(C(=O)c2cnc(N)cn2)CC1. The highest BCUT2D eigenvalue weighted by Gasteiger charge is 2.22. The number of nitrogen functional groups attached to an aromatic ring is 1. The minimum Gasteiger partial charge on any atom is -0.382 e. The summed E-state index contributed by atoms with van der Waals surface area (Å²) in [4.78, 5) is 24.1. The first-order valence-corrected chi connectivity index (χ1v) is 5.80. The minimum atomic E-state index is -0.0618. The van der Waals surface area contributed by atoms with Gasteiger partial charge in [0.1, 0.15) is 11.5 Å². The molecule has 0 saturated carbocycles. The van der Waals surface area contributed by atoms with E-state index in [1.54, 1.807) is 0 Å². The molecule has 92 valence electrons. The molecule has 1 aliphatic rings. The standard InChI is InChI=1S/C11H17N5O/c1-2-15-3-5-16(6-4-15)11(17)9-7-14-10(12)8-13-9/h7-8H,2-6H2,1H3,(H2,12,14). The molecule has 0 radical (unpaired) electrons. The highest BCUT2D eigenvalue weighted by atomic mass is 16.2. The van der Waals surface area contributed by atoms with E-state index in [0.717, 1.165) is 32.7 Å². The maximum atomic E-state index is 12.1. The maximum Gasteiger partial charge on any atom is 0.274 e. The van der Waals surface area contributed by atoms with Crippen molar-refractivity contribution in [3.63, 3.8) is 0 Å². The molecule has 2 rings (SSSR count). The number of likely N-dealkylation sites (N-methyl/N-ethyl adjacent to an activating group) is 1. The van der Waals surface area contributed by atoms with Gasteiger partial charge in [-0.2, -0.15) is 0 Å². The normalized spacial score (nSPS) is 17.1. The summed E-state index contributed by atoms with van der Waals surface area (Å²) in [6.07, 6.45) is 2.85. The molecule has 0 atom stereocenters. The van der Waals surface area contributed by atoms with E-state index in [9.17, 15) is 4.79 Å². The zero-order valence-corrected chi connectivity index (χ0v) is 9.96. The number of carbonyl (C=O) groups excluding carboxylic acids is 1. The third-order valence-corrected chi connectivity index (χ3v) is 3.00. The molecule has 0 spiro atoms. The topological polar surface area (TPSA) is 75.3 Å². The van der Waals surface area contributed by atoms with Crippen LogP contribution in [0, 0.1) is 0 Å². The molecule has 0 aromatic carbocycles. The van der Waals surface area contributed by atoms with Crippen LogP contribution in [0.1, 0.15) is 17.4 Å². The fourth-order valence-corrected chi connectivity index (χ4v) is 1.88. The van der Waals surface area contributed by atoms with Gasteiger partial charge in [-0.05, 0) is 6.54 Å². The second-order valence-corrected chi connectivity index (χ2v) is 4.05. The molecular formula is C11H17N5O. The summed E-state index contributed by atoms with van der Waals surface area (Å²) in [5, 5.41) is 0. The predicted molar refractivity (Wildman–Crippen MR) is 64.5 cm³/mol. The van der Waals surface area contributed by atoms with Crippen molar-refractivity contribution in [3.8, 4) is 0 Å². The van der Waals surface area contributed by atoms with Crippen molar-refractivity contribution in [2.75, 3.05) is 38.5 Å². The summed E-state index contributed by atoms with van der Waals surface area (Å²) < 4.78 is 0. The molecule has 0 aliphatic carbocycles. The fourth-order valence-electron chi connectivity index (χ4n) is 1.88. The third kappa shape index (κ3) is 2.71. The van der Waals surface area contributed by atoms with Crippen molar-refractivity contribution < 1.29 is 4.79 Å². The summed E-state index contributed by atoms with van der Waals surface area (Å²) in [6, 6.07) is 0. The summed E-state index contributed by atoms with van der Waals surface area (Å²) in [7, 11) is 0. The van der Waals surface area contributed by atoms with Crippen LogP contribution in [0.2, 0.25) is 0 Å². The van der Waals surface area contributed by atoms with E-state index < -0.39 is 0 Å². The first-order valence-electron chi connectivity index (χ1n) is 5.80. The van der Waals surface area contributed by atoms with E-state index in [1.807, 2.05) is 4.90 Å². The number of rotatable bonds is 2. The van der Waals surface area contributed by atoms with Crippen LogP contribution in [0.4, 0.5) is 5.82 Å². The lowest BCUT2D eigenvalue weighted by Crippen LogP contribution is -2.48. The molecular weight excluding hydrogens is 218 g/mol. The molecule has 17 heavy (non-hydrogen) atoms. The van der Waals surface area contributed by atoms with E-state index in [1.165, 1.54) is 12.4 Å². The number of piperazine rings is 1. The summed E-state index contributed by atoms with van der Waals surface area (Å²) in [5.41, 5.74) is 5.80. The summed E-state index contributed by atoms with van der Waals surface area (Å²) in [5.74, 6) is 0.269. The van der Waals surface area contributed by atoms with E-state index in [0.29, 0.717) is 11.5 Å². The van der Waals surface area contributed by atoms with E-state index in [2.05, 4.69) is 21.8 Å². The molecule has 2 N–H and O–H groups in total. The van der Waals surface area contributed by atoms with E-state index >= 15 is 0 Å². The lowest BCUT2D eigenvalue weighted by atomic mass is 10.3. The van der Waals surface area contributed by atoms with Gasteiger partial charge in [0.05, 0.1) is 12.4 Å². The van der Waals surface area contributed by atoms with Crippen molar-refractivity contribution in [3.05, 3.63) is 18.1 Å². The molecule has 1 aromatic heterocycles. The molecule has 6 nitrogen and oxygen atoms in total. The van der Waals surface area contributed by atoms with Gasteiger partial charge >= 0.3 is 0 Å². The molecule has 1 fully saturated rings. The van der Waals surface area contributed by atoms with E-state index in [-0.39, 0.29) is 5.91 Å². The lowest BCUT2D eigenvalue weighted by Gasteiger charge is -2.33. The van der Waals surface area contributed by atoms with Gasteiger partial charge in [0, 0.05) is 26.2 Å². The minimum absolute atomic E-state index is 0.0618. The Morgan fingerprint density at radius 3 is 2.53 bits per heavy atom. The number of carbonyl (C=O) groups is 1. The van der Waals surface area contributed by atoms with Crippen LogP contribution in [-0.4, -0.2) is 58.4 Å². The van der Waals surface area contributed by atoms with Gasteiger partial charge < -0.3 is 15.5 Å². The van der Waals surface area contributed by atoms with Gasteiger partial charge in [-0.1, -0.05) is 6.92 Å². The number of anilines is 1. The van der Waals surface area contributed by atoms with Gasteiger partial charge in [0.25, 0.3) is 5.91 Å². The molecule has 6 heteroatoms. The van der Waals surface area contributed by atoms with Crippen molar-refractivity contribution in [1.29, 1.82) is 0 Å². The van der Waals surface area contributed by atoms with Crippen molar-refractivity contribution in [2.24, 2.45) is 0 Å². The predicted octanol–water partition coefficient (Wildman–Crippen LogP) is -0.163. The lowest BCUT2D eigenvalue weighted by molar-refractivity contribution is 0.0637. The Kier molecular flexibility index (Phi) is 3.53. The Balaban J connectivity index is 1.99. The second-order valence-electron chi connectivity index (χ2n) is 4.05. The Morgan fingerprint density at radius 1 is 1.29 bits per heavy atom. The Hall–Kier alpha value is -1.69. The quantitative estimate of drug-likeness (QED) is 0.770. The molecule has 0 unspecified atom stereocenters. The largest absolute Gasteiger partial charge is 0.382 e. The van der Waals surface area contributed by atoms with Crippen LogP contribution in [0.5, 0.6) is 0 Å². The summed E-state index contributed by atoms with van der Waals surface area (Å²) >= 11 is 0. The molecule has 2 heterocycles. The molecule has 1 aromatic rings. The van der Waals surface area contributed by atoms with Crippen molar-refractivity contribution in [2.45, 2.75) is 6.92 Å². The average Bonchev–Trinajstić information content (AvgIpc) is 2.39. The highest BCUT2D eigenvalue weighted by Crippen LogP contribution is 2.06. The Labute approximate surface area is 100 Å².